The molecule has 0 saturated carbocycles. The predicted molar refractivity (Wildman–Crippen MR) is 88.7 cm³/mol. The van der Waals surface area contributed by atoms with Crippen molar-refractivity contribution in [3.8, 4) is 0 Å². The van der Waals surface area contributed by atoms with Crippen LogP contribution in [0.1, 0.15) is 18.4 Å². The molecule has 3 rings (SSSR count). The second-order valence-electron chi connectivity index (χ2n) is 5.74. The average molecular weight is 313 g/mol. The summed E-state index contributed by atoms with van der Waals surface area (Å²) in [7, 11) is 0. The van der Waals surface area contributed by atoms with Crippen molar-refractivity contribution in [3.05, 3.63) is 52.3 Å². The molecule has 1 aromatic carbocycles. The van der Waals surface area contributed by atoms with Gasteiger partial charge in [-0.15, -0.1) is 0 Å². The number of nitro benzene ring substituents is 1. The lowest BCUT2D eigenvalue weighted by Crippen LogP contribution is -2.42. The monoisotopic (exact) mass is 313 g/mol. The van der Waals surface area contributed by atoms with E-state index < -0.39 is 0 Å². The number of nitrogens with one attached hydrogen (secondary N) is 1. The number of nitro groups is 1. The highest BCUT2D eigenvalue weighted by Gasteiger charge is 2.22. The lowest BCUT2D eigenvalue weighted by Gasteiger charge is -2.33. The minimum Gasteiger partial charge on any atom is -0.381 e. The summed E-state index contributed by atoms with van der Waals surface area (Å²) in [5.74, 6) is 0.749. The number of hydrogen-bond acceptors (Lipinski definition) is 6. The van der Waals surface area contributed by atoms with Gasteiger partial charge in [0.1, 0.15) is 0 Å². The fourth-order valence-electron chi connectivity index (χ4n) is 2.92. The van der Waals surface area contributed by atoms with Gasteiger partial charge in [-0.1, -0.05) is 0 Å². The third-order valence-electron chi connectivity index (χ3n) is 4.02. The van der Waals surface area contributed by atoms with Crippen LogP contribution in [0.5, 0.6) is 0 Å². The number of piperidine rings is 1. The van der Waals surface area contributed by atoms with Crippen LogP contribution in [0.4, 0.5) is 17.3 Å². The zero-order valence-corrected chi connectivity index (χ0v) is 13.0. The van der Waals surface area contributed by atoms with Gasteiger partial charge in [-0.2, -0.15) is 0 Å². The molecule has 120 valence electrons. The fraction of sp³-hybridized carbons (Fsp3) is 0.375. The van der Waals surface area contributed by atoms with Gasteiger partial charge < -0.3 is 10.2 Å². The van der Waals surface area contributed by atoms with Crippen molar-refractivity contribution in [2.45, 2.75) is 25.8 Å². The molecule has 1 N–H and O–H groups in total. The number of nitrogens with zero attached hydrogens (tertiary/aromatic N) is 4. The van der Waals surface area contributed by atoms with E-state index in [1.807, 2.05) is 12.1 Å². The van der Waals surface area contributed by atoms with Gasteiger partial charge in [-0.05, 0) is 38.0 Å². The number of aryl methyl sites for hydroxylation is 1. The molecule has 0 spiro atoms. The lowest BCUT2D eigenvalue weighted by molar-refractivity contribution is -0.385. The molecule has 23 heavy (non-hydrogen) atoms. The average Bonchev–Trinajstić information content (AvgIpc) is 2.56. The number of anilines is 2. The Balaban J connectivity index is 1.68. The van der Waals surface area contributed by atoms with Gasteiger partial charge in [0.25, 0.3) is 5.69 Å². The molecule has 0 bridgehead atoms. The molecule has 0 radical (unpaired) electrons. The minimum absolute atomic E-state index is 0.151. The second-order valence-corrected chi connectivity index (χ2v) is 5.74. The minimum atomic E-state index is -0.353. The smallest absolute Gasteiger partial charge is 0.272 e. The lowest BCUT2D eigenvalue weighted by atomic mass is 10.1. The van der Waals surface area contributed by atoms with Gasteiger partial charge in [0.05, 0.1) is 4.92 Å². The number of rotatable bonds is 4. The van der Waals surface area contributed by atoms with Crippen LogP contribution in [0.15, 0.2) is 36.7 Å². The number of hydrogen-bond donors (Lipinski definition) is 1. The Morgan fingerprint density at radius 3 is 2.83 bits per heavy atom. The highest BCUT2D eigenvalue weighted by molar-refractivity contribution is 5.54. The molecule has 2 aromatic rings. The Labute approximate surface area is 134 Å². The fourth-order valence-corrected chi connectivity index (χ4v) is 2.92. The van der Waals surface area contributed by atoms with Crippen molar-refractivity contribution < 1.29 is 4.92 Å². The largest absolute Gasteiger partial charge is 0.381 e. The summed E-state index contributed by atoms with van der Waals surface area (Å²) in [5, 5.41) is 14.4. The maximum Gasteiger partial charge on any atom is 0.272 e. The molecule has 0 aliphatic carbocycles. The Kier molecular flexibility index (Phi) is 4.36. The van der Waals surface area contributed by atoms with Crippen molar-refractivity contribution in [1.29, 1.82) is 0 Å². The summed E-state index contributed by atoms with van der Waals surface area (Å²) >= 11 is 0. The highest BCUT2D eigenvalue weighted by atomic mass is 16.6. The summed E-state index contributed by atoms with van der Waals surface area (Å²) in [6, 6.07) is 7.23. The van der Waals surface area contributed by atoms with Crippen molar-refractivity contribution in [3.63, 3.8) is 0 Å². The topological polar surface area (TPSA) is 84.2 Å². The first-order valence-electron chi connectivity index (χ1n) is 7.67. The van der Waals surface area contributed by atoms with E-state index >= 15 is 0 Å². The molecule has 1 fully saturated rings. The molecule has 1 aromatic heterocycles. The normalized spacial score (nSPS) is 17.8. The first kappa shape index (κ1) is 15.2. The van der Waals surface area contributed by atoms with Gasteiger partial charge in [0, 0.05) is 48.8 Å². The van der Waals surface area contributed by atoms with Crippen molar-refractivity contribution >= 4 is 17.3 Å². The third kappa shape index (κ3) is 3.56. The standard InChI is InChI=1S/C16H19N5O2/c1-12-10-13(5-6-15(12)21(22)23)19-14-4-2-9-20(11-14)16-17-7-3-8-18-16/h3,5-8,10,14,19H,2,4,9,11H2,1H3/t14-/m1/s1. The number of aromatic nitrogens is 2. The summed E-state index contributed by atoms with van der Waals surface area (Å²) < 4.78 is 0. The van der Waals surface area contributed by atoms with E-state index in [0.29, 0.717) is 5.56 Å². The van der Waals surface area contributed by atoms with E-state index in [9.17, 15) is 10.1 Å². The molecule has 0 unspecified atom stereocenters. The molecular weight excluding hydrogens is 294 g/mol. The molecule has 7 nitrogen and oxygen atoms in total. The van der Waals surface area contributed by atoms with Gasteiger partial charge >= 0.3 is 0 Å². The van der Waals surface area contributed by atoms with Crippen LogP contribution in [0.2, 0.25) is 0 Å². The molecule has 2 heterocycles. The summed E-state index contributed by atoms with van der Waals surface area (Å²) in [4.78, 5) is 21.3. The van der Waals surface area contributed by atoms with Gasteiger partial charge in [-0.25, -0.2) is 9.97 Å². The first-order chi connectivity index (χ1) is 11.1. The zero-order chi connectivity index (χ0) is 16.2. The van der Waals surface area contributed by atoms with E-state index in [-0.39, 0.29) is 16.7 Å². The highest BCUT2D eigenvalue weighted by Crippen LogP contribution is 2.24. The van der Waals surface area contributed by atoms with Crippen molar-refractivity contribution in [2.24, 2.45) is 0 Å². The van der Waals surface area contributed by atoms with Crippen LogP contribution in [0.25, 0.3) is 0 Å². The predicted octanol–water partition coefficient (Wildman–Crippen LogP) is 2.77. The van der Waals surface area contributed by atoms with Gasteiger partial charge in [0.2, 0.25) is 5.95 Å². The van der Waals surface area contributed by atoms with Crippen LogP contribution >= 0.6 is 0 Å². The van der Waals surface area contributed by atoms with Gasteiger partial charge in [-0.3, -0.25) is 10.1 Å². The summed E-state index contributed by atoms with van der Waals surface area (Å²) in [6.07, 6.45) is 5.61. The van der Waals surface area contributed by atoms with E-state index in [1.54, 1.807) is 31.5 Å². The van der Waals surface area contributed by atoms with Gasteiger partial charge in [0.15, 0.2) is 0 Å². The zero-order valence-electron chi connectivity index (χ0n) is 13.0. The molecule has 0 amide bonds. The van der Waals surface area contributed by atoms with Crippen LogP contribution in [-0.4, -0.2) is 34.0 Å². The molecule has 1 aliphatic rings. The molecular formula is C16H19N5O2. The maximum atomic E-state index is 10.9. The molecule has 1 aliphatic heterocycles. The summed E-state index contributed by atoms with van der Waals surface area (Å²) in [6.45, 7) is 3.52. The van der Waals surface area contributed by atoms with E-state index in [0.717, 1.165) is 37.6 Å². The Hall–Kier alpha value is -2.70. The van der Waals surface area contributed by atoms with Crippen LogP contribution in [0, 0.1) is 17.0 Å². The summed E-state index contributed by atoms with van der Waals surface area (Å²) in [5.41, 5.74) is 1.73. The first-order valence-corrected chi connectivity index (χ1v) is 7.67. The molecule has 1 atom stereocenters. The van der Waals surface area contributed by atoms with Crippen LogP contribution < -0.4 is 10.2 Å². The SMILES string of the molecule is Cc1cc(N[C@@H]2CCCN(c3ncccn3)C2)ccc1[N+](=O)[O-]. The molecule has 7 heteroatoms. The second kappa shape index (κ2) is 6.60. The van der Waals surface area contributed by atoms with Crippen LogP contribution in [0.3, 0.4) is 0 Å². The van der Waals surface area contributed by atoms with Crippen molar-refractivity contribution in [1.82, 2.24) is 9.97 Å². The van der Waals surface area contributed by atoms with E-state index in [4.69, 9.17) is 0 Å². The number of benzene rings is 1. The van der Waals surface area contributed by atoms with Crippen LogP contribution in [-0.2, 0) is 0 Å². The van der Waals surface area contributed by atoms with Crippen molar-refractivity contribution in [2.75, 3.05) is 23.3 Å². The Morgan fingerprint density at radius 2 is 2.13 bits per heavy atom. The molecule has 1 saturated heterocycles. The Morgan fingerprint density at radius 1 is 1.35 bits per heavy atom. The van der Waals surface area contributed by atoms with E-state index in [1.165, 1.54) is 0 Å². The van der Waals surface area contributed by atoms with E-state index in [2.05, 4.69) is 20.2 Å². The Bertz CT molecular complexity index is 692. The quantitative estimate of drug-likeness (QED) is 0.690. The maximum absolute atomic E-state index is 10.9. The third-order valence-corrected chi connectivity index (χ3v) is 4.02.